The second kappa shape index (κ2) is 6.31. The van der Waals surface area contributed by atoms with Gasteiger partial charge in [0.25, 0.3) is 0 Å². The van der Waals surface area contributed by atoms with Crippen LogP contribution in [0.5, 0.6) is 0 Å². The molecule has 0 spiro atoms. The Labute approximate surface area is 126 Å². The molecule has 2 rings (SSSR count). The summed E-state index contributed by atoms with van der Waals surface area (Å²) in [4.78, 5) is 11.6. The van der Waals surface area contributed by atoms with Crippen molar-refractivity contribution in [1.29, 1.82) is 0 Å². The van der Waals surface area contributed by atoms with E-state index in [4.69, 9.17) is 16.3 Å². The lowest BCUT2D eigenvalue weighted by molar-refractivity contribution is -0.130. The summed E-state index contributed by atoms with van der Waals surface area (Å²) in [5.41, 5.74) is 0.0630. The van der Waals surface area contributed by atoms with E-state index >= 15 is 0 Å². The van der Waals surface area contributed by atoms with Crippen molar-refractivity contribution in [3.63, 3.8) is 0 Å². The Morgan fingerprint density at radius 3 is 2.90 bits per heavy atom. The summed E-state index contributed by atoms with van der Waals surface area (Å²) in [5, 5.41) is 3.81. The van der Waals surface area contributed by atoms with Gasteiger partial charge in [-0.15, -0.1) is 0 Å². The van der Waals surface area contributed by atoms with Gasteiger partial charge in [0, 0.05) is 11.1 Å². The molecule has 0 aromatic heterocycles. The number of halogens is 1. The van der Waals surface area contributed by atoms with E-state index < -0.39 is 0 Å². The number of hydrogen-bond donors (Lipinski definition) is 1. The number of fused-ring (bicyclic) bond motifs is 2. The third-order valence-electron chi connectivity index (χ3n) is 4.21. The molecule has 1 heterocycles. The van der Waals surface area contributed by atoms with Crippen LogP contribution in [0.1, 0.15) is 39.5 Å². The Balaban J connectivity index is 1.76. The first-order chi connectivity index (χ1) is 9.41. The van der Waals surface area contributed by atoms with E-state index in [1.54, 1.807) is 6.08 Å². The fourth-order valence-corrected chi connectivity index (χ4v) is 3.14. The Kier molecular flexibility index (Phi) is 4.92. The van der Waals surface area contributed by atoms with Gasteiger partial charge in [-0.1, -0.05) is 38.1 Å². The SMILES string of the molecule is C=C/C=C(/Cl)CCC(C)(C)CO[C@@H]1C[C@@H]2C[C@H]1C(=O)N2. The summed E-state index contributed by atoms with van der Waals surface area (Å²) in [6.07, 6.45) is 7.34. The van der Waals surface area contributed by atoms with E-state index in [0.717, 1.165) is 30.7 Å². The molecule has 1 N–H and O–H groups in total. The van der Waals surface area contributed by atoms with Gasteiger partial charge < -0.3 is 10.1 Å². The van der Waals surface area contributed by atoms with Gasteiger partial charge in [0.15, 0.2) is 0 Å². The van der Waals surface area contributed by atoms with Gasteiger partial charge in [-0.2, -0.15) is 0 Å². The highest BCUT2D eigenvalue weighted by Gasteiger charge is 2.46. The van der Waals surface area contributed by atoms with Crippen LogP contribution >= 0.6 is 11.6 Å². The second-order valence-electron chi connectivity index (χ2n) is 6.65. The van der Waals surface area contributed by atoms with Crippen LogP contribution in [-0.2, 0) is 9.53 Å². The summed E-state index contributed by atoms with van der Waals surface area (Å²) in [7, 11) is 0. The minimum absolute atomic E-state index is 0.0630. The molecule has 3 nitrogen and oxygen atoms in total. The topological polar surface area (TPSA) is 38.3 Å². The zero-order chi connectivity index (χ0) is 14.8. The molecule has 4 heteroatoms. The quantitative estimate of drug-likeness (QED) is 0.732. The van der Waals surface area contributed by atoms with Crippen molar-refractivity contribution in [2.45, 2.75) is 51.7 Å². The number of piperidine rings is 1. The number of amides is 1. The summed E-state index contributed by atoms with van der Waals surface area (Å²) in [5.74, 6) is 0.237. The van der Waals surface area contributed by atoms with Crippen LogP contribution in [0.4, 0.5) is 0 Å². The lowest BCUT2D eigenvalue weighted by atomic mass is 9.88. The lowest BCUT2D eigenvalue weighted by Crippen LogP contribution is -2.40. The number of rotatable bonds is 7. The second-order valence-corrected chi connectivity index (χ2v) is 7.13. The van der Waals surface area contributed by atoms with Crippen molar-refractivity contribution in [1.82, 2.24) is 5.32 Å². The Morgan fingerprint density at radius 2 is 2.30 bits per heavy atom. The molecule has 1 saturated carbocycles. The van der Waals surface area contributed by atoms with Crippen molar-refractivity contribution >= 4 is 17.5 Å². The van der Waals surface area contributed by atoms with Crippen LogP contribution in [0.2, 0.25) is 0 Å². The fourth-order valence-electron chi connectivity index (χ4n) is 2.96. The van der Waals surface area contributed by atoms with Gasteiger partial charge >= 0.3 is 0 Å². The first-order valence-corrected chi connectivity index (χ1v) is 7.68. The van der Waals surface area contributed by atoms with Crippen LogP contribution in [0.3, 0.4) is 0 Å². The first kappa shape index (κ1) is 15.6. The highest BCUT2D eigenvalue weighted by atomic mass is 35.5. The standard InChI is InChI=1S/C16H24ClNO2/c1-4-5-11(17)6-7-16(2,3)10-20-14-9-12-8-13(14)15(19)18-12/h4-5,12-14H,1,6-10H2,2-3H3,(H,18,19)/b11-5+/t12-,13+,14+/m0/s1. The zero-order valence-corrected chi connectivity index (χ0v) is 13.1. The third-order valence-corrected chi connectivity index (χ3v) is 4.53. The summed E-state index contributed by atoms with van der Waals surface area (Å²) >= 11 is 6.08. The van der Waals surface area contributed by atoms with Gasteiger partial charge in [0.2, 0.25) is 5.91 Å². The van der Waals surface area contributed by atoms with Crippen LogP contribution in [0, 0.1) is 11.3 Å². The molecule has 1 saturated heterocycles. The minimum Gasteiger partial charge on any atom is -0.377 e. The third kappa shape index (κ3) is 3.86. The summed E-state index contributed by atoms with van der Waals surface area (Å²) in [6.45, 7) is 8.67. The monoisotopic (exact) mass is 297 g/mol. The van der Waals surface area contributed by atoms with Crippen LogP contribution in [0.15, 0.2) is 23.8 Å². The number of carbonyl (C=O) groups excluding carboxylic acids is 1. The molecule has 0 aromatic carbocycles. The molecule has 1 aliphatic heterocycles. The zero-order valence-electron chi connectivity index (χ0n) is 12.3. The predicted octanol–water partition coefficient (Wildman–Crippen LogP) is 3.40. The summed E-state index contributed by atoms with van der Waals surface area (Å²) in [6, 6.07) is 0.339. The average Bonchev–Trinajstić information content (AvgIpc) is 2.93. The van der Waals surface area contributed by atoms with E-state index in [1.807, 2.05) is 6.08 Å². The van der Waals surface area contributed by atoms with Crippen LogP contribution in [-0.4, -0.2) is 24.7 Å². The molecular weight excluding hydrogens is 274 g/mol. The van der Waals surface area contributed by atoms with Gasteiger partial charge in [0.05, 0.1) is 18.6 Å². The van der Waals surface area contributed by atoms with Gasteiger partial charge in [-0.25, -0.2) is 0 Å². The Morgan fingerprint density at radius 1 is 1.55 bits per heavy atom. The van der Waals surface area contributed by atoms with E-state index in [2.05, 4.69) is 25.7 Å². The Bertz CT molecular complexity index is 417. The van der Waals surface area contributed by atoms with Crippen molar-refractivity contribution in [2.75, 3.05) is 6.61 Å². The molecule has 3 atom stereocenters. The van der Waals surface area contributed by atoms with Crippen molar-refractivity contribution in [2.24, 2.45) is 11.3 Å². The number of carbonyl (C=O) groups is 1. The van der Waals surface area contributed by atoms with E-state index in [-0.39, 0.29) is 23.3 Å². The van der Waals surface area contributed by atoms with Crippen molar-refractivity contribution < 1.29 is 9.53 Å². The summed E-state index contributed by atoms with van der Waals surface area (Å²) < 4.78 is 6.02. The van der Waals surface area contributed by atoms with E-state index in [1.165, 1.54) is 0 Å². The van der Waals surface area contributed by atoms with Crippen molar-refractivity contribution in [3.8, 4) is 0 Å². The highest BCUT2D eigenvalue weighted by molar-refractivity contribution is 6.29. The lowest BCUT2D eigenvalue weighted by Gasteiger charge is -2.29. The van der Waals surface area contributed by atoms with Crippen molar-refractivity contribution in [3.05, 3.63) is 23.8 Å². The van der Waals surface area contributed by atoms with Gasteiger partial charge in [-0.3, -0.25) is 4.79 Å². The molecule has 1 aliphatic carbocycles. The number of hydrogen-bond acceptors (Lipinski definition) is 2. The largest absolute Gasteiger partial charge is 0.377 e. The number of allylic oxidation sites excluding steroid dienone is 3. The number of nitrogens with one attached hydrogen (secondary N) is 1. The molecule has 0 unspecified atom stereocenters. The molecule has 112 valence electrons. The highest BCUT2D eigenvalue weighted by Crippen LogP contribution is 2.36. The molecular formula is C16H24ClNO2. The number of ether oxygens (including phenoxy) is 1. The van der Waals surface area contributed by atoms with E-state index in [0.29, 0.717) is 12.6 Å². The van der Waals surface area contributed by atoms with Crippen LogP contribution < -0.4 is 5.32 Å². The first-order valence-electron chi connectivity index (χ1n) is 7.30. The maximum Gasteiger partial charge on any atom is 0.226 e. The van der Waals surface area contributed by atoms with Gasteiger partial charge in [0.1, 0.15) is 0 Å². The maximum atomic E-state index is 11.6. The molecule has 20 heavy (non-hydrogen) atoms. The molecule has 2 aliphatic rings. The Hall–Kier alpha value is -0.800. The fraction of sp³-hybridized carbons (Fsp3) is 0.688. The minimum atomic E-state index is 0.0630. The normalized spacial score (nSPS) is 29.6. The van der Waals surface area contributed by atoms with E-state index in [9.17, 15) is 4.79 Å². The molecule has 1 amide bonds. The predicted molar refractivity (Wildman–Crippen MR) is 81.5 cm³/mol. The maximum absolute atomic E-state index is 11.6. The molecule has 0 aromatic rings. The van der Waals surface area contributed by atoms with Gasteiger partial charge in [-0.05, 0) is 37.2 Å². The average molecular weight is 298 g/mol. The smallest absolute Gasteiger partial charge is 0.226 e. The molecule has 0 radical (unpaired) electrons. The molecule has 2 bridgehead atoms. The molecule has 2 fully saturated rings. The van der Waals surface area contributed by atoms with Crippen LogP contribution in [0.25, 0.3) is 0 Å².